The highest BCUT2D eigenvalue weighted by Gasteiger charge is 2.23. The lowest BCUT2D eigenvalue weighted by Gasteiger charge is -2.30. The fourth-order valence-corrected chi connectivity index (χ4v) is 3.07. The number of nitrogens with one attached hydrogen (secondary N) is 1. The summed E-state index contributed by atoms with van der Waals surface area (Å²) < 4.78 is 11.5. The van der Waals surface area contributed by atoms with E-state index < -0.39 is 0 Å². The maximum atomic E-state index is 12.1. The first-order chi connectivity index (χ1) is 10.9. The number of nitrogens with zero attached hydrogens (tertiary/aromatic N) is 1. The first kappa shape index (κ1) is 16.1. The molecule has 0 aromatic heterocycles. The Labute approximate surface area is 137 Å². The van der Waals surface area contributed by atoms with Gasteiger partial charge in [-0.2, -0.15) is 0 Å². The Balaban J connectivity index is 1.68. The van der Waals surface area contributed by atoms with Crippen molar-refractivity contribution in [1.82, 2.24) is 10.2 Å². The molecule has 1 aromatic carbocycles. The monoisotopic (exact) mass is 318 g/mol. The smallest absolute Gasteiger partial charge is 0.234 e. The largest absolute Gasteiger partial charge is 0.490 e. The van der Waals surface area contributed by atoms with Gasteiger partial charge in [-0.3, -0.25) is 9.69 Å². The van der Waals surface area contributed by atoms with Crippen LogP contribution in [0.1, 0.15) is 38.3 Å². The lowest BCUT2D eigenvalue weighted by atomic mass is 9.98. The van der Waals surface area contributed by atoms with Crippen LogP contribution >= 0.6 is 0 Å². The van der Waals surface area contributed by atoms with E-state index in [2.05, 4.69) is 22.3 Å². The molecule has 0 fully saturated rings. The summed E-state index contributed by atoms with van der Waals surface area (Å²) in [7, 11) is 0. The van der Waals surface area contributed by atoms with Gasteiger partial charge in [-0.05, 0) is 50.5 Å². The standard InChI is InChI=1S/C18H26N2O3/c1-18(2,3)19-17(21)12-20-6-5-13-9-15-16(10-14(13)11-20)23-8-4-7-22-15/h9-10H,4-8,11-12H2,1-3H3,(H,19,21). The third-order valence-corrected chi connectivity index (χ3v) is 4.04. The van der Waals surface area contributed by atoms with Gasteiger partial charge >= 0.3 is 0 Å². The highest BCUT2D eigenvalue weighted by molar-refractivity contribution is 5.78. The second kappa shape index (κ2) is 6.40. The molecule has 0 aliphatic carbocycles. The van der Waals surface area contributed by atoms with Crippen LogP contribution in [-0.4, -0.2) is 42.6 Å². The summed E-state index contributed by atoms with van der Waals surface area (Å²) in [6.07, 6.45) is 1.85. The van der Waals surface area contributed by atoms with Crippen molar-refractivity contribution in [2.24, 2.45) is 0 Å². The SMILES string of the molecule is CC(C)(C)NC(=O)CN1CCc2cc3c(cc2C1)OCCCO3. The van der Waals surface area contributed by atoms with Gasteiger partial charge in [-0.15, -0.1) is 0 Å². The lowest BCUT2D eigenvalue weighted by Crippen LogP contribution is -2.46. The second-order valence-electron chi connectivity index (χ2n) is 7.38. The van der Waals surface area contributed by atoms with Gasteiger partial charge in [-0.1, -0.05) is 0 Å². The molecule has 23 heavy (non-hydrogen) atoms. The van der Waals surface area contributed by atoms with Gasteiger partial charge in [0.1, 0.15) is 0 Å². The molecule has 2 aliphatic rings. The minimum atomic E-state index is -0.187. The van der Waals surface area contributed by atoms with Crippen molar-refractivity contribution in [2.75, 3.05) is 26.3 Å². The van der Waals surface area contributed by atoms with E-state index in [9.17, 15) is 4.79 Å². The fraction of sp³-hybridized carbons (Fsp3) is 0.611. The Kier molecular flexibility index (Phi) is 4.48. The maximum Gasteiger partial charge on any atom is 0.234 e. The summed E-state index contributed by atoms with van der Waals surface area (Å²) in [6.45, 7) is 9.53. The Morgan fingerprint density at radius 3 is 2.48 bits per heavy atom. The number of hydrogen-bond acceptors (Lipinski definition) is 4. The molecule has 0 saturated carbocycles. The van der Waals surface area contributed by atoms with Crippen LogP contribution in [0.25, 0.3) is 0 Å². The first-order valence-electron chi connectivity index (χ1n) is 8.35. The third-order valence-electron chi connectivity index (χ3n) is 4.04. The summed E-state index contributed by atoms with van der Waals surface area (Å²) in [5, 5.41) is 3.02. The fourth-order valence-electron chi connectivity index (χ4n) is 3.07. The number of rotatable bonds is 2. The molecule has 0 unspecified atom stereocenters. The molecule has 0 bridgehead atoms. The van der Waals surface area contributed by atoms with E-state index >= 15 is 0 Å². The van der Waals surface area contributed by atoms with Crippen LogP contribution in [0, 0.1) is 0 Å². The molecule has 0 radical (unpaired) electrons. The molecule has 1 amide bonds. The molecule has 1 aromatic rings. The van der Waals surface area contributed by atoms with Crippen LogP contribution < -0.4 is 14.8 Å². The van der Waals surface area contributed by atoms with Crippen LogP contribution in [0.5, 0.6) is 11.5 Å². The van der Waals surface area contributed by atoms with Crippen LogP contribution in [0.4, 0.5) is 0 Å². The van der Waals surface area contributed by atoms with E-state index in [1.165, 1.54) is 11.1 Å². The zero-order valence-electron chi connectivity index (χ0n) is 14.3. The number of fused-ring (bicyclic) bond motifs is 2. The molecule has 5 heteroatoms. The zero-order valence-corrected chi connectivity index (χ0v) is 14.3. The van der Waals surface area contributed by atoms with Gasteiger partial charge in [0.2, 0.25) is 5.91 Å². The summed E-state index contributed by atoms with van der Waals surface area (Å²) in [4.78, 5) is 14.3. The zero-order chi connectivity index (χ0) is 16.4. The number of hydrogen-bond donors (Lipinski definition) is 1. The Bertz CT molecular complexity index is 593. The number of carbonyl (C=O) groups excluding carboxylic acids is 1. The topological polar surface area (TPSA) is 50.8 Å². The van der Waals surface area contributed by atoms with E-state index in [4.69, 9.17) is 9.47 Å². The molecule has 0 saturated heterocycles. The van der Waals surface area contributed by atoms with Gasteiger partial charge in [-0.25, -0.2) is 0 Å². The van der Waals surface area contributed by atoms with Crippen LogP contribution in [0.2, 0.25) is 0 Å². The van der Waals surface area contributed by atoms with Gasteiger partial charge in [0.25, 0.3) is 0 Å². The molecule has 0 spiro atoms. The Hall–Kier alpha value is -1.75. The minimum Gasteiger partial charge on any atom is -0.490 e. The van der Waals surface area contributed by atoms with E-state index in [-0.39, 0.29) is 11.4 Å². The molecule has 5 nitrogen and oxygen atoms in total. The molecule has 1 N–H and O–H groups in total. The summed E-state index contributed by atoms with van der Waals surface area (Å²) in [6, 6.07) is 4.20. The third kappa shape index (κ3) is 4.16. The summed E-state index contributed by atoms with van der Waals surface area (Å²) in [5.41, 5.74) is 2.36. The average molecular weight is 318 g/mol. The highest BCUT2D eigenvalue weighted by Crippen LogP contribution is 2.35. The highest BCUT2D eigenvalue weighted by atomic mass is 16.5. The van der Waals surface area contributed by atoms with Crippen LogP contribution in [-0.2, 0) is 17.8 Å². The molecule has 126 valence electrons. The minimum absolute atomic E-state index is 0.0790. The number of benzene rings is 1. The van der Waals surface area contributed by atoms with Crippen LogP contribution in [0.15, 0.2) is 12.1 Å². The van der Waals surface area contributed by atoms with Gasteiger partial charge in [0.05, 0.1) is 19.8 Å². The van der Waals surface area contributed by atoms with E-state index in [0.717, 1.165) is 37.4 Å². The van der Waals surface area contributed by atoms with Crippen molar-refractivity contribution in [1.29, 1.82) is 0 Å². The summed E-state index contributed by atoms with van der Waals surface area (Å²) in [5.74, 6) is 1.78. The van der Waals surface area contributed by atoms with E-state index in [0.29, 0.717) is 19.8 Å². The quantitative estimate of drug-likeness (QED) is 0.907. The van der Waals surface area contributed by atoms with Crippen molar-refractivity contribution in [3.8, 4) is 11.5 Å². The number of ether oxygens (including phenoxy) is 2. The molecular weight excluding hydrogens is 292 g/mol. The van der Waals surface area contributed by atoms with Crippen molar-refractivity contribution in [2.45, 2.75) is 45.7 Å². The summed E-state index contributed by atoms with van der Waals surface area (Å²) >= 11 is 0. The predicted octanol–water partition coefficient (Wildman–Crippen LogP) is 2.12. The first-order valence-corrected chi connectivity index (χ1v) is 8.35. The van der Waals surface area contributed by atoms with E-state index in [1.807, 2.05) is 20.8 Å². The number of amides is 1. The van der Waals surface area contributed by atoms with Gasteiger partial charge in [0, 0.05) is 25.0 Å². The molecule has 3 rings (SSSR count). The van der Waals surface area contributed by atoms with Crippen molar-refractivity contribution in [3.63, 3.8) is 0 Å². The lowest BCUT2D eigenvalue weighted by molar-refractivity contribution is -0.123. The van der Waals surface area contributed by atoms with Crippen molar-refractivity contribution in [3.05, 3.63) is 23.3 Å². The Morgan fingerprint density at radius 1 is 1.17 bits per heavy atom. The van der Waals surface area contributed by atoms with Gasteiger partial charge in [0.15, 0.2) is 11.5 Å². The van der Waals surface area contributed by atoms with E-state index in [1.54, 1.807) is 0 Å². The molecule has 0 atom stereocenters. The second-order valence-corrected chi connectivity index (χ2v) is 7.38. The predicted molar refractivity (Wildman–Crippen MR) is 88.9 cm³/mol. The maximum absolute atomic E-state index is 12.1. The van der Waals surface area contributed by atoms with Crippen molar-refractivity contribution >= 4 is 5.91 Å². The Morgan fingerprint density at radius 2 is 1.83 bits per heavy atom. The molecule has 2 heterocycles. The average Bonchev–Trinajstić information content (AvgIpc) is 2.67. The normalized spacial score (nSPS) is 18.0. The van der Waals surface area contributed by atoms with Gasteiger partial charge < -0.3 is 14.8 Å². The van der Waals surface area contributed by atoms with Crippen LogP contribution in [0.3, 0.4) is 0 Å². The molecule has 2 aliphatic heterocycles. The number of carbonyl (C=O) groups is 1. The molecular formula is C18H26N2O3. The van der Waals surface area contributed by atoms with Crippen molar-refractivity contribution < 1.29 is 14.3 Å².